The quantitative estimate of drug-likeness (QED) is 0.763. The van der Waals surface area contributed by atoms with Gasteiger partial charge >= 0.3 is 5.97 Å². The Kier molecular flexibility index (Phi) is 4.46. The predicted molar refractivity (Wildman–Crippen MR) is 77.4 cm³/mol. The number of ether oxygens (including phenoxy) is 1. The summed E-state index contributed by atoms with van der Waals surface area (Å²) in [4.78, 5) is 14.4. The minimum atomic E-state index is -0.149. The third-order valence-electron chi connectivity index (χ3n) is 3.55. The van der Waals surface area contributed by atoms with Crippen LogP contribution in [-0.4, -0.2) is 25.2 Å². The van der Waals surface area contributed by atoms with E-state index in [0.29, 0.717) is 12.5 Å². The number of carbonyl (C=O) groups is 1. The summed E-state index contributed by atoms with van der Waals surface area (Å²) in [5.74, 6) is 0.384. The van der Waals surface area contributed by atoms with Gasteiger partial charge in [-0.05, 0) is 37.3 Å². The molecule has 0 amide bonds. The van der Waals surface area contributed by atoms with Crippen LogP contribution in [0.3, 0.4) is 0 Å². The van der Waals surface area contributed by atoms with E-state index < -0.39 is 0 Å². The van der Waals surface area contributed by atoms with E-state index in [9.17, 15) is 4.79 Å². The number of benzene rings is 1. The number of rotatable bonds is 5. The van der Waals surface area contributed by atoms with E-state index in [2.05, 4.69) is 36.9 Å². The number of esters is 1. The Balaban J connectivity index is 2.22. The van der Waals surface area contributed by atoms with Crippen molar-refractivity contribution >= 4 is 11.7 Å². The van der Waals surface area contributed by atoms with Crippen molar-refractivity contribution in [3.8, 4) is 0 Å². The predicted octanol–water partition coefficient (Wildman–Crippen LogP) is 3.03. The molecule has 0 N–H and O–H groups in total. The monoisotopic (exact) mass is 261 g/mol. The van der Waals surface area contributed by atoms with Gasteiger partial charge in [-0.15, -0.1) is 0 Å². The molecule has 0 aromatic heterocycles. The molecular formula is C16H23NO2. The third kappa shape index (κ3) is 3.09. The molecule has 0 radical (unpaired) electrons. The van der Waals surface area contributed by atoms with E-state index in [-0.39, 0.29) is 12.0 Å². The Morgan fingerprint density at radius 3 is 2.79 bits per heavy atom. The Bertz CT molecular complexity index is 442. The highest BCUT2D eigenvalue weighted by molar-refractivity contribution is 5.81. The molecule has 1 aliphatic rings. The molecule has 0 saturated heterocycles. The largest absolute Gasteiger partial charge is 0.464 e. The van der Waals surface area contributed by atoms with E-state index in [0.717, 1.165) is 19.4 Å². The van der Waals surface area contributed by atoms with Crippen molar-refractivity contribution in [2.45, 2.75) is 39.7 Å². The van der Waals surface area contributed by atoms with Gasteiger partial charge in [-0.3, -0.25) is 0 Å². The Morgan fingerprint density at radius 2 is 2.11 bits per heavy atom. The summed E-state index contributed by atoms with van der Waals surface area (Å²) in [6, 6.07) is 8.20. The van der Waals surface area contributed by atoms with Gasteiger partial charge < -0.3 is 9.64 Å². The first-order valence-electron chi connectivity index (χ1n) is 7.14. The van der Waals surface area contributed by atoms with Crippen LogP contribution in [0.5, 0.6) is 0 Å². The van der Waals surface area contributed by atoms with Gasteiger partial charge in [-0.2, -0.15) is 0 Å². The van der Waals surface area contributed by atoms with Crippen LogP contribution in [0, 0.1) is 5.92 Å². The van der Waals surface area contributed by atoms with Crippen molar-refractivity contribution in [2.75, 3.05) is 18.1 Å². The topological polar surface area (TPSA) is 29.5 Å². The summed E-state index contributed by atoms with van der Waals surface area (Å²) >= 11 is 0. The van der Waals surface area contributed by atoms with Crippen molar-refractivity contribution in [3.05, 3.63) is 29.8 Å². The van der Waals surface area contributed by atoms with E-state index in [1.165, 1.54) is 11.3 Å². The average molecular weight is 261 g/mol. The van der Waals surface area contributed by atoms with Crippen LogP contribution in [0.25, 0.3) is 0 Å². The number of hydrogen-bond donors (Lipinski definition) is 0. The summed E-state index contributed by atoms with van der Waals surface area (Å²) in [6.07, 6.45) is 1.86. The van der Waals surface area contributed by atoms with Crippen LogP contribution in [-0.2, 0) is 16.0 Å². The Labute approximate surface area is 115 Å². The maximum Gasteiger partial charge on any atom is 0.328 e. The minimum absolute atomic E-state index is 0.0899. The number of carbonyl (C=O) groups excluding carboxylic acids is 1. The van der Waals surface area contributed by atoms with Crippen LogP contribution in [0.15, 0.2) is 24.3 Å². The highest BCUT2D eigenvalue weighted by Gasteiger charge is 2.32. The van der Waals surface area contributed by atoms with Crippen LogP contribution in [0.1, 0.15) is 32.8 Å². The molecule has 1 aromatic rings. The lowest BCUT2D eigenvalue weighted by molar-refractivity contribution is -0.145. The van der Waals surface area contributed by atoms with Crippen molar-refractivity contribution in [2.24, 2.45) is 5.92 Å². The van der Waals surface area contributed by atoms with Gasteiger partial charge in [0.25, 0.3) is 0 Å². The van der Waals surface area contributed by atoms with Crippen molar-refractivity contribution in [3.63, 3.8) is 0 Å². The van der Waals surface area contributed by atoms with Gasteiger partial charge in [0.2, 0.25) is 0 Å². The van der Waals surface area contributed by atoms with Gasteiger partial charge in [-0.1, -0.05) is 32.0 Å². The Hall–Kier alpha value is -1.51. The van der Waals surface area contributed by atoms with Crippen LogP contribution in [0.4, 0.5) is 5.69 Å². The highest BCUT2D eigenvalue weighted by Crippen LogP contribution is 2.31. The summed E-state index contributed by atoms with van der Waals surface area (Å²) < 4.78 is 5.25. The molecule has 19 heavy (non-hydrogen) atoms. The minimum Gasteiger partial charge on any atom is -0.464 e. The van der Waals surface area contributed by atoms with Crippen molar-refractivity contribution < 1.29 is 9.53 Å². The first kappa shape index (κ1) is 13.9. The second kappa shape index (κ2) is 6.09. The zero-order valence-electron chi connectivity index (χ0n) is 12.1. The number of hydrogen-bond acceptors (Lipinski definition) is 3. The standard InChI is InChI=1S/C16H23NO2/c1-4-19-16(18)15(11-12(2)3)17-10-9-13-7-5-6-8-14(13)17/h5-8,12,15H,4,9-11H2,1-3H3. The van der Waals surface area contributed by atoms with Gasteiger partial charge in [0, 0.05) is 12.2 Å². The first-order chi connectivity index (χ1) is 9.13. The summed E-state index contributed by atoms with van der Waals surface area (Å²) in [5, 5.41) is 0. The van der Waals surface area contributed by atoms with Crippen LogP contribution >= 0.6 is 0 Å². The highest BCUT2D eigenvalue weighted by atomic mass is 16.5. The molecule has 1 atom stereocenters. The van der Waals surface area contributed by atoms with Gasteiger partial charge in [0.1, 0.15) is 6.04 Å². The molecule has 1 aromatic carbocycles. The lowest BCUT2D eigenvalue weighted by Gasteiger charge is -2.29. The zero-order valence-corrected chi connectivity index (χ0v) is 12.1. The molecule has 0 fully saturated rings. The lowest BCUT2D eigenvalue weighted by Crippen LogP contribution is -2.42. The van der Waals surface area contributed by atoms with Crippen molar-refractivity contribution in [1.29, 1.82) is 0 Å². The fourth-order valence-electron chi connectivity index (χ4n) is 2.72. The summed E-state index contributed by atoms with van der Waals surface area (Å²) in [7, 11) is 0. The van der Waals surface area contributed by atoms with E-state index >= 15 is 0 Å². The van der Waals surface area contributed by atoms with Gasteiger partial charge in [-0.25, -0.2) is 4.79 Å². The molecule has 0 spiro atoms. The fraction of sp³-hybridized carbons (Fsp3) is 0.562. The van der Waals surface area contributed by atoms with E-state index in [1.54, 1.807) is 0 Å². The molecule has 1 unspecified atom stereocenters. The number of nitrogens with zero attached hydrogens (tertiary/aromatic N) is 1. The summed E-state index contributed by atoms with van der Waals surface area (Å²) in [6.45, 7) is 7.52. The molecule has 2 rings (SSSR count). The number of para-hydroxylation sites is 1. The SMILES string of the molecule is CCOC(=O)C(CC(C)C)N1CCc2ccccc21. The molecule has 0 bridgehead atoms. The molecule has 3 nitrogen and oxygen atoms in total. The van der Waals surface area contributed by atoms with E-state index in [1.807, 2.05) is 13.0 Å². The normalized spacial score (nSPS) is 15.5. The van der Waals surface area contributed by atoms with Gasteiger partial charge in [0.15, 0.2) is 0 Å². The molecular weight excluding hydrogens is 238 g/mol. The van der Waals surface area contributed by atoms with Gasteiger partial charge in [0.05, 0.1) is 6.61 Å². The average Bonchev–Trinajstić information content (AvgIpc) is 2.79. The number of fused-ring (bicyclic) bond motifs is 1. The number of anilines is 1. The van der Waals surface area contributed by atoms with E-state index in [4.69, 9.17) is 4.74 Å². The second-order valence-corrected chi connectivity index (χ2v) is 5.47. The van der Waals surface area contributed by atoms with Crippen molar-refractivity contribution in [1.82, 2.24) is 0 Å². The smallest absolute Gasteiger partial charge is 0.328 e. The first-order valence-corrected chi connectivity index (χ1v) is 7.14. The zero-order chi connectivity index (χ0) is 13.8. The van der Waals surface area contributed by atoms with Crippen LogP contribution in [0.2, 0.25) is 0 Å². The van der Waals surface area contributed by atoms with Crippen LogP contribution < -0.4 is 4.90 Å². The molecule has 3 heteroatoms. The molecule has 104 valence electrons. The second-order valence-electron chi connectivity index (χ2n) is 5.47. The summed E-state index contributed by atoms with van der Waals surface area (Å²) in [5.41, 5.74) is 2.53. The molecule has 1 aliphatic heterocycles. The molecule has 1 heterocycles. The fourth-order valence-corrected chi connectivity index (χ4v) is 2.72. The Morgan fingerprint density at radius 1 is 1.37 bits per heavy atom. The lowest BCUT2D eigenvalue weighted by atomic mass is 10.0. The third-order valence-corrected chi connectivity index (χ3v) is 3.55. The molecule has 0 aliphatic carbocycles. The molecule has 0 saturated carbocycles. The maximum absolute atomic E-state index is 12.2. The maximum atomic E-state index is 12.2.